The topological polar surface area (TPSA) is 81.4 Å². The first kappa shape index (κ1) is 11.8. The van der Waals surface area contributed by atoms with Crippen LogP contribution in [0.3, 0.4) is 0 Å². The van der Waals surface area contributed by atoms with E-state index in [1.165, 1.54) is 18.1 Å². The lowest BCUT2D eigenvalue weighted by Gasteiger charge is -2.04. The van der Waals surface area contributed by atoms with E-state index in [0.29, 0.717) is 5.16 Å². The minimum absolute atomic E-state index is 0.699. The Morgan fingerprint density at radius 2 is 2.29 bits per heavy atom. The van der Waals surface area contributed by atoms with Gasteiger partial charge in [0.2, 0.25) is 5.16 Å². The van der Waals surface area contributed by atoms with Gasteiger partial charge in [0.25, 0.3) is 0 Å². The number of hydrogen-bond acceptors (Lipinski definition) is 7. The quantitative estimate of drug-likeness (QED) is 0.793. The van der Waals surface area contributed by atoms with Crippen LogP contribution in [-0.2, 0) is 7.05 Å². The first-order valence-electron chi connectivity index (χ1n) is 5.25. The molecule has 0 fully saturated rings. The van der Waals surface area contributed by atoms with Crippen molar-refractivity contribution in [2.75, 3.05) is 11.9 Å². The molecule has 90 valence electrons. The molecule has 0 atom stereocenters. The molecule has 0 unspecified atom stereocenters. The summed E-state index contributed by atoms with van der Waals surface area (Å²) < 4.78 is 1.60. The Bertz CT molecular complexity index is 484. The second-order valence-corrected chi connectivity index (χ2v) is 4.34. The molecule has 0 spiro atoms. The number of anilines is 1. The zero-order valence-corrected chi connectivity index (χ0v) is 10.5. The van der Waals surface area contributed by atoms with Gasteiger partial charge in [0.15, 0.2) is 0 Å². The Hall–Kier alpha value is -1.70. The van der Waals surface area contributed by atoms with E-state index in [1.54, 1.807) is 11.7 Å². The summed E-state index contributed by atoms with van der Waals surface area (Å²) in [6.45, 7) is 3.00. The lowest BCUT2D eigenvalue weighted by Crippen LogP contribution is -2.02. The van der Waals surface area contributed by atoms with Crippen LogP contribution in [0.5, 0.6) is 0 Å². The molecular formula is C9H13N7S. The fraction of sp³-hybridized carbons (Fsp3) is 0.444. The third kappa shape index (κ3) is 3.13. The highest BCUT2D eigenvalue weighted by Crippen LogP contribution is 2.23. The van der Waals surface area contributed by atoms with Gasteiger partial charge in [0.05, 0.1) is 0 Å². The molecule has 0 radical (unpaired) electrons. The van der Waals surface area contributed by atoms with Gasteiger partial charge < -0.3 is 5.32 Å². The van der Waals surface area contributed by atoms with Crippen LogP contribution in [0.4, 0.5) is 5.82 Å². The first-order chi connectivity index (χ1) is 8.29. The molecule has 2 aromatic rings. The van der Waals surface area contributed by atoms with E-state index in [1.807, 2.05) is 6.07 Å². The predicted octanol–water partition coefficient (Wildman–Crippen LogP) is 0.973. The highest BCUT2D eigenvalue weighted by atomic mass is 32.2. The van der Waals surface area contributed by atoms with Gasteiger partial charge in [-0.15, -0.1) is 5.10 Å². The van der Waals surface area contributed by atoms with Crippen molar-refractivity contribution in [2.45, 2.75) is 23.5 Å². The molecule has 7 nitrogen and oxygen atoms in total. The van der Waals surface area contributed by atoms with E-state index in [0.717, 1.165) is 23.8 Å². The Labute approximate surface area is 103 Å². The van der Waals surface area contributed by atoms with Crippen molar-refractivity contribution in [3.05, 3.63) is 12.4 Å². The molecule has 0 aliphatic carbocycles. The highest BCUT2D eigenvalue weighted by Gasteiger charge is 2.06. The van der Waals surface area contributed by atoms with Crippen molar-refractivity contribution in [3.8, 4) is 0 Å². The fourth-order valence-electron chi connectivity index (χ4n) is 1.15. The van der Waals surface area contributed by atoms with E-state index in [2.05, 4.69) is 37.7 Å². The van der Waals surface area contributed by atoms with Crippen LogP contribution in [-0.4, -0.2) is 36.7 Å². The van der Waals surface area contributed by atoms with E-state index >= 15 is 0 Å². The Morgan fingerprint density at radius 1 is 1.41 bits per heavy atom. The second kappa shape index (κ2) is 5.58. The molecule has 0 bridgehead atoms. The molecule has 1 N–H and O–H groups in total. The molecule has 0 aromatic carbocycles. The van der Waals surface area contributed by atoms with E-state index in [-0.39, 0.29) is 0 Å². The predicted molar refractivity (Wildman–Crippen MR) is 63.7 cm³/mol. The number of aryl methyl sites for hydroxylation is 1. The molecule has 0 amide bonds. The van der Waals surface area contributed by atoms with E-state index in [4.69, 9.17) is 0 Å². The molecule has 2 rings (SSSR count). The van der Waals surface area contributed by atoms with E-state index in [9.17, 15) is 0 Å². The highest BCUT2D eigenvalue weighted by molar-refractivity contribution is 7.99. The monoisotopic (exact) mass is 251 g/mol. The van der Waals surface area contributed by atoms with Crippen LogP contribution in [0.25, 0.3) is 0 Å². The number of tetrazole rings is 1. The van der Waals surface area contributed by atoms with Gasteiger partial charge in [0.1, 0.15) is 17.2 Å². The van der Waals surface area contributed by atoms with Crippen LogP contribution < -0.4 is 5.32 Å². The van der Waals surface area contributed by atoms with Gasteiger partial charge in [-0.1, -0.05) is 6.92 Å². The average molecular weight is 251 g/mol. The zero-order chi connectivity index (χ0) is 12.1. The Kier molecular flexibility index (Phi) is 3.86. The van der Waals surface area contributed by atoms with Gasteiger partial charge in [-0.2, -0.15) is 0 Å². The molecule has 0 aliphatic rings. The maximum Gasteiger partial charge on any atom is 0.215 e. The smallest absolute Gasteiger partial charge is 0.215 e. The lowest BCUT2D eigenvalue weighted by atomic mass is 10.4. The number of rotatable bonds is 5. The van der Waals surface area contributed by atoms with Crippen LogP contribution >= 0.6 is 11.8 Å². The van der Waals surface area contributed by atoms with Gasteiger partial charge >= 0.3 is 0 Å². The zero-order valence-electron chi connectivity index (χ0n) is 9.66. The SMILES string of the molecule is CCCNc1cc(Sc2nnnn2C)ncn1. The summed E-state index contributed by atoms with van der Waals surface area (Å²) in [6, 6.07) is 1.88. The molecule has 8 heteroatoms. The number of nitrogens with zero attached hydrogens (tertiary/aromatic N) is 6. The van der Waals surface area contributed by atoms with Crippen LogP contribution in [0.2, 0.25) is 0 Å². The minimum atomic E-state index is 0.699. The summed E-state index contributed by atoms with van der Waals surface area (Å²) in [5, 5.41) is 15.9. The standard InChI is InChI=1S/C9H13N7S/c1-3-4-10-7-5-8(12-6-11-7)17-9-13-14-15-16(9)2/h5-6H,3-4H2,1-2H3,(H,10,11,12). The summed E-state index contributed by atoms with van der Waals surface area (Å²) >= 11 is 1.40. The van der Waals surface area contributed by atoms with Crippen molar-refractivity contribution in [2.24, 2.45) is 7.05 Å². The number of hydrogen-bond donors (Lipinski definition) is 1. The average Bonchev–Trinajstić information content (AvgIpc) is 2.73. The third-order valence-corrected chi connectivity index (χ3v) is 2.94. The summed E-state index contributed by atoms with van der Waals surface area (Å²) in [5.41, 5.74) is 0. The number of aromatic nitrogens is 6. The maximum absolute atomic E-state index is 4.17. The fourth-order valence-corrected chi connectivity index (χ4v) is 1.85. The van der Waals surface area contributed by atoms with Gasteiger partial charge in [0, 0.05) is 19.7 Å². The van der Waals surface area contributed by atoms with Gasteiger partial charge in [-0.25, -0.2) is 14.6 Å². The summed E-state index contributed by atoms with van der Waals surface area (Å²) in [4.78, 5) is 8.30. The molecular weight excluding hydrogens is 238 g/mol. The normalized spacial score (nSPS) is 10.5. The minimum Gasteiger partial charge on any atom is -0.370 e. The summed E-state index contributed by atoms with van der Waals surface area (Å²) in [6.07, 6.45) is 2.59. The Morgan fingerprint density at radius 3 is 3.00 bits per heavy atom. The molecule has 0 saturated carbocycles. The largest absolute Gasteiger partial charge is 0.370 e. The van der Waals surface area contributed by atoms with Crippen molar-refractivity contribution in [1.82, 2.24) is 30.2 Å². The van der Waals surface area contributed by atoms with Gasteiger partial charge in [-0.3, -0.25) is 0 Å². The molecule has 0 saturated heterocycles. The third-order valence-electron chi connectivity index (χ3n) is 1.98. The summed E-state index contributed by atoms with van der Waals surface area (Å²) in [5.74, 6) is 0.819. The van der Waals surface area contributed by atoms with Crippen molar-refractivity contribution < 1.29 is 0 Å². The second-order valence-electron chi connectivity index (χ2n) is 3.36. The van der Waals surface area contributed by atoms with Crippen LogP contribution in [0.15, 0.2) is 22.6 Å². The molecule has 2 heterocycles. The molecule has 0 aliphatic heterocycles. The summed E-state index contributed by atoms with van der Waals surface area (Å²) in [7, 11) is 1.79. The van der Waals surface area contributed by atoms with Crippen molar-refractivity contribution in [1.29, 1.82) is 0 Å². The molecule has 2 aromatic heterocycles. The lowest BCUT2D eigenvalue weighted by molar-refractivity contribution is 0.664. The van der Waals surface area contributed by atoms with Crippen molar-refractivity contribution in [3.63, 3.8) is 0 Å². The van der Waals surface area contributed by atoms with Crippen molar-refractivity contribution >= 4 is 17.6 Å². The molecule has 17 heavy (non-hydrogen) atoms. The van der Waals surface area contributed by atoms with Crippen LogP contribution in [0.1, 0.15) is 13.3 Å². The Balaban J connectivity index is 2.08. The van der Waals surface area contributed by atoms with Gasteiger partial charge in [-0.05, 0) is 28.6 Å². The van der Waals surface area contributed by atoms with E-state index < -0.39 is 0 Å². The number of nitrogens with one attached hydrogen (secondary N) is 1. The van der Waals surface area contributed by atoms with Crippen LogP contribution in [0, 0.1) is 0 Å². The maximum atomic E-state index is 4.17. The first-order valence-corrected chi connectivity index (χ1v) is 6.07.